The summed E-state index contributed by atoms with van der Waals surface area (Å²) in [5, 5.41) is 4.31. The number of rotatable bonds is 4. The molecule has 0 radical (unpaired) electrons. The first-order valence-corrected chi connectivity index (χ1v) is 12.7. The van der Waals surface area contributed by atoms with Crippen LogP contribution in [0.1, 0.15) is 51.0 Å². The average molecular weight is 430 g/mol. The number of sulfonamides is 1. The van der Waals surface area contributed by atoms with Crippen LogP contribution in [0.5, 0.6) is 0 Å². The van der Waals surface area contributed by atoms with E-state index in [-0.39, 0.29) is 23.1 Å². The topological polar surface area (TPSA) is 97.2 Å². The van der Waals surface area contributed by atoms with Gasteiger partial charge in [-0.05, 0) is 50.0 Å². The Hall–Kier alpha value is -2.00. The van der Waals surface area contributed by atoms with E-state index in [4.69, 9.17) is 4.98 Å². The van der Waals surface area contributed by atoms with E-state index in [0.717, 1.165) is 30.3 Å². The highest BCUT2D eigenvalue weighted by atomic mass is 32.2. The Morgan fingerprint density at radius 1 is 1.17 bits per heavy atom. The third kappa shape index (κ3) is 2.81. The second-order valence-corrected chi connectivity index (χ2v) is 12.0. The smallest absolute Gasteiger partial charge is 0.252 e. The minimum atomic E-state index is -3.08. The van der Waals surface area contributed by atoms with Gasteiger partial charge in [0.05, 0.1) is 6.26 Å². The zero-order valence-corrected chi connectivity index (χ0v) is 18.0. The second-order valence-electron chi connectivity index (χ2n) is 10.1. The third-order valence-corrected chi connectivity index (χ3v) is 9.11. The molecular formula is C21H27N5O3S. The number of aromatic nitrogens is 3. The molecule has 0 aromatic carbocycles. The predicted molar refractivity (Wildman–Crippen MR) is 114 cm³/mol. The zero-order valence-electron chi connectivity index (χ0n) is 17.2. The number of nitrogens with zero attached hydrogens (tertiary/aromatic N) is 4. The molecule has 1 unspecified atom stereocenters. The van der Waals surface area contributed by atoms with E-state index in [1.165, 1.54) is 31.9 Å². The highest BCUT2D eigenvalue weighted by Crippen LogP contribution is 2.63. The molecule has 3 saturated carbocycles. The van der Waals surface area contributed by atoms with Gasteiger partial charge in [-0.3, -0.25) is 9.36 Å². The summed E-state index contributed by atoms with van der Waals surface area (Å²) in [7, 11) is -3.08. The molecule has 3 aliphatic carbocycles. The molecule has 4 fully saturated rings. The van der Waals surface area contributed by atoms with E-state index in [0.29, 0.717) is 24.5 Å². The van der Waals surface area contributed by atoms with Crippen molar-refractivity contribution in [1.29, 1.82) is 0 Å². The van der Waals surface area contributed by atoms with Crippen molar-refractivity contribution in [3.8, 4) is 0 Å². The van der Waals surface area contributed by atoms with E-state index in [1.807, 2.05) is 10.6 Å². The summed E-state index contributed by atoms with van der Waals surface area (Å²) in [4.78, 5) is 22.1. The van der Waals surface area contributed by atoms with Crippen LogP contribution in [0, 0.1) is 10.8 Å². The minimum absolute atomic E-state index is 0.0308. The maximum Gasteiger partial charge on any atom is 0.252 e. The summed E-state index contributed by atoms with van der Waals surface area (Å²) in [5.41, 5.74) is 1.19. The minimum Gasteiger partial charge on any atom is -0.351 e. The Morgan fingerprint density at radius 2 is 1.93 bits per heavy atom. The molecule has 2 aromatic rings. The van der Waals surface area contributed by atoms with Crippen molar-refractivity contribution in [2.24, 2.45) is 10.8 Å². The normalized spacial score (nSPS) is 27.3. The molecule has 2 aromatic heterocycles. The Bertz CT molecular complexity index is 1190. The Morgan fingerprint density at radius 3 is 2.63 bits per heavy atom. The van der Waals surface area contributed by atoms with Gasteiger partial charge in [-0.2, -0.15) is 4.98 Å². The van der Waals surface area contributed by atoms with Gasteiger partial charge in [0.2, 0.25) is 16.0 Å². The molecule has 30 heavy (non-hydrogen) atoms. The van der Waals surface area contributed by atoms with Crippen molar-refractivity contribution in [2.45, 2.75) is 57.0 Å². The van der Waals surface area contributed by atoms with Crippen molar-refractivity contribution in [3.05, 3.63) is 28.7 Å². The summed E-state index contributed by atoms with van der Waals surface area (Å²) in [6, 6.07) is 3.96. The van der Waals surface area contributed by atoms with E-state index in [1.54, 1.807) is 16.6 Å². The molecule has 4 aliphatic rings. The van der Waals surface area contributed by atoms with Crippen molar-refractivity contribution >= 4 is 27.0 Å². The molecule has 9 heteroatoms. The standard InChI is InChI=1S/C21H27N5O3S/c1-30(28,29)25-12-20(13-25)9-15(10-20)23-19-22-11-14-4-5-17(27)26(18(14)24-19)16-3-2-6-21(16)7-8-21/h4-5,11,15-16H,2-3,6-10,12-13H2,1H3,(H,22,23,24). The quantitative estimate of drug-likeness (QED) is 0.800. The SMILES string of the molecule is CS(=O)(=O)N1CC2(CC(Nc3ncc4ccc(=O)n(C5CCCC56CC6)c4n3)C2)C1. The van der Waals surface area contributed by atoms with E-state index in [2.05, 4.69) is 10.3 Å². The number of anilines is 1. The second kappa shape index (κ2) is 6.03. The van der Waals surface area contributed by atoms with Gasteiger partial charge in [-0.15, -0.1) is 0 Å². The molecule has 160 valence electrons. The van der Waals surface area contributed by atoms with E-state index in [9.17, 15) is 13.2 Å². The first kappa shape index (κ1) is 18.7. The number of pyridine rings is 1. The molecule has 6 rings (SSSR count). The van der Waals surface area contributed by atoms with Crippen LogP contribution in [0.25, 0.3) is 11.0 Å². The third-order valence-electron chi connectivity index (χ3n) is 7.91. The summed E-state index contributed by atoms with van der Waals surface area (Å²) >= 11 is 0. The fourth-order valence-electron chi connectivity index (χ4n) is 6.14. The van der Waals surface area contributed by atoms with Gasteiger partial charge in [-0.1, -0.05) is 6.42 Å². The van der Waals surface area contributed by atoms with Crippen molar-refractivity contribution in [2.75, 3.05) is 24.7 Å². The highest BCUT2D eigenvalue weighted by Gasteiger charge is 2.55. The Balaban J connectivity index is 1.23. The van der Waals surface area contributed by atoms with Gasteiger partial charge < -0.3 is 5.32 Å². The Kier molecular flexibility index (Phi) is 3.77. The highest BCUT2D eigenvalue weighted by molar-refractivity contribution is 7.88. The molecule has 2 spiro atoms. The number of fused-ring (bicyclic) bond motifs is 1. The number of hydrogen-bond acceptors (Lipinski definition) is 6. The Labute approximate surface area is 175 Å². The van der Waals surface area contributed by atoms with Crippen molar-refractivity contribution in [1.82, 2.24) is 18.8 Å². The summed E-state index contributed by atoms with van der Waals surface area (Å²) < 4.78 is 26.7. The predicted octanol–water partition coefficient (Wildman–Crippen LogP) is 2.13. The monoisotopic (exact) mass is 429 g/mol. The van der Waals surface area contributed by atoms with E-state index >= 15 is 0 Å². The van der Waals surface area contributed by atoms with Crippen LogP contribution in [0.3, 0.4) is 0 Å². The van der Waals surface area contributed by atoms with Gasteiger partial charge in [0.1, 0.15) is 5.65 Å². The fraction of sp³-hybridized carbons (Fsp3) is 0.667. The van der Waals surface area contributed by atoms with Crippen LogP contribution in [0.4, 0.5) is 5.95 Å². The zero-order chi connectivity index (χ0) is 20.7. The molecule has 1 aliphatic heterocycles. The van der Waals surface area contributed by atoms with Crippen LogP contribution in [-0.2, 0) is 10.0 Å². The molecule has 0 bridgehead atoms. The molecule has 8 nitrogen and oxygen atoms in total. The van der Waals surface area contributed by atoms with Crippen LogP contribution >= 0.6 is 0 Å². The maximum atomic E-state index is 12.8. The van der Waals surface area contributed by atoms with Crippen molar-refractivity contribution < 1.29 is 8.42 Å². The largest absolute Gasteiger partial charge is 0.351 e. The summed E-state index contributed by atoms with van der Waals surface area (Å²) in [6.45, 7) is 1.23. The van der Waals surface area contributed by atoms with Gasteiger partial charge in [0.25, 0.3) is 5.56 Å². The van der Waals surface area contributed by atoms with Gasteiger partial charge in [0.15, 0.2) is 0 Å². The lowest BCUT2D eigenvalue weighted by Crippen LogP contribution is -2.65. The number of nitrogens with one attached hydrogen (secondary N) is 1. The lowest BCUT2D eigenvalue weighted by Gasteiger charge is -2.58. The van der Waals surface area contributed by atoms with Gasteiger partial charge >= 0.3 is 0 Å². The van der Waals surface area contributed by atoms with Crippen LogP contribution in [-0.4, -0.2) is 52.6 Å². The first-order valence-electron chi connectivity index (χ1n) is 10.9. The fourth-order valence-corrected chi connectivity index (χ4v) is 7.16. The summed E-state index contributed by atoms with van der Waals surface area (Å²) in [5.74, 6) is 0.559. The number of hydrogen-bond donors (Lipinski definition) is 1. The molecule has 1 saturated heterocycles. The van der Waals surface area contributed by atoms with Crippen LogP contribution in [0.15, 0.2) is 23.1 Å². The van der Waals surface area contributed by atoms with Crippen LogP contribution < -0.4 is 10.9 Å². The average Bonchev–Trinajstić information content (AvgIpc) is 3.28. The lowest BCUT2D eigenvalue weighted by atomic mass is 9.61. The summed E-state index contributed by atoms with van der Waals surface area (Å²) in [6.07, 6.45) is 10.8. The van der Waals surface area contributed by atoms with Gasteiger partial charge in [-0.25, -0.2) is 17.7 Å². The van der Waals surface area contributed by atoms with E-state index < -0.39 is 10.0 Å². The van der Waals surface area contributed by atoms with Crippen LogP contribution in [0.2, 0.25) is 0 Å². The molecule has 0 amide bonds. The molecule has 1 N–H and O–H groups in total. The molecule has 1 atom stereocenters. The first-order chi connectivity index (χ1) is 14.3. The molecule has 3 heterocycles. The lowest BCUT2D eigenvalue weighted by molar-refractivity contribution is -0.0170. The maximum absolute atomic E-state index is 12.8. The molecular weight excluding hydrogens is 402 g/mol. The van der Waals surface area contributed by atoms with Gasteiger partial charge in [0, 0.05) is 48.2 Å². The van der Waals surface area contributed by atoms with Crippen molar-refractivity contribution in [3.63, 3.8) is 0 Å².